The van der Waals surface area contributed by atoms with Gasteiger partial charge in [-0.2, -0.15) is 0 Å². The van der Waals surface area contributed by atoms with Crippen LogP contribution < -0.4 is 4.74 Å². The Morgan fingerprint density at radius 3 is 2.67 bits per heavy atom. The minimum Gasteiger partial charge on any atom is -0.491 e. The van der Waals surface area contributed by atoms with Crippen molar-refractivity contribution in [2.24, 2.45) is 0 Å². The van der Waals surface area contributed by atoms with E-state index < -0.39 is 5.97 Å². The number of aromatic carboxylic acids is 1. The average Bonchev–Trinajstić information content (AvgIpc) is 2.30. The smallest absolute Gasteiger partial charge is 0.339 e. The van der Waals surface area contributed by atoms with Gasteiger partial charge in [0.15, 0.2) is 0 Å². The number of ether oxygens (including phenoxy) is 2. The molecule has 0 saturated heterocycles. The van der Waals surface area contributed by atoms with Crippen LogP contribution >= 0.6 is 15.9 Å². The van der Waals surface area contributed by atoms with Gasteiger partial charge in [0.25, 0.3) is 0 Å². The maximum Gasteiger partial charge on any atom is 0.339 e. The van der Waals surface area contributed by atoms with Gasteiger partial charge in [0.2, 0.25) is 0 Å². The van der Waals surface area contributed by atoms with Crippen LogP contribution in [0, 0.1) is 0 Å². The first-order valence-electron chi connectivity index (χ1n) is 5.57. The van der Waals surface area contributed by atoms with Gasteiger partial charge in [0, 0.05) is 13.5 Å². The van der Waals surface area contributed by atoms with Crippen molar-refractivity contribution in [3.63, 3.8) is 0 Å². The van der Waals surface area contributed by atoms with Crippen molar-refractivity contribution in [3.8, 4) is 5.75 Å². The fourth-order valence-electron chi connectivity index (χ4n) is 1.32. The molecule has 100 valence electrons. The molecule has 0 unspecified atom stereocenters. The first-order chi connectivity index (χ1) is 8.37. The maximum absolute atomic E-state index is 11.1. The van der Waals surface area contributed by atoms with Gasteiger partial charge >= 0.3 is 5.97 Å². The standard InChI is InChI=1S/C13H17BrO4/c1-13(2,17-3)7-8-18-11-9(12(15)16)5-4-6-10(11)14/h4-6H,7-8H2,1-3H3,(H,15,16). The van der Waals surface area contributed by atoms with Crippen LogP contribution in [-0.2, 0) is 4.74 Å². The topological polar surface area (TPSA) is 55.8 Å². The Labute approximate surface area is 115 Å². The maximum atomic E-state index is 11.1. The van der Waals surface area contributed by atoms with Crippen molar-refractivity contribution in [1.82, 2.24) is 0 Å². The molecular weight excluding hydrogens is 300 g/mol. The van der Waals surface area contributed by atoms with E-state index in [9.17, 15) is 4.79 Å². The SMILES string of the molecule is COC(C)(C)CCOc1c(Br)cccc1C(=O)O. The van der Waals surface area contributed by atoms with Crippen LogP contribution in [0.5, 0.6) is 5.75 Å². The lowest BCUT2D eigenvalue weighted by atomic mass is 10.1. The van der Waals surface area contributed by atoms with Crippen molar-refractivity contribution < 1.29 is 19.4 Å². The molecular formula is C13H17BrO4. The second-order valence-electron chi connectivity index (χ2n) is 4.48. The molecule has 0 aliphatic rings. The summed E-state index contributed by atoms with van der Waals surface area (Å²) in [5.74, 6) is -0.644. The second-order valence-corrected chi connectivity index (χ2v) is 5.34. The van der Waals surface area contributed by atoms with Crippen LogP contribution in [0.3, 0.4) is 0 Å². The summed E-state index contributed by atoms with van der Waals surface area (Å²) in [6.45, 7) is 4.30. The van der Waals surface area contributed by atoms with Gasteiger partial charge in [0.05, 0.1) is 16.7 Å². The molecule has 0 fully saturated rings. The van der Waals surface area contributed by atoms with Crippen LogP contribution in [0.1, 0.15) is 30.6 Å². The molecule has 0 saturated carbocycles. The molecule has 0 atom stereocenters. The van der Waals surface area contributed by atoms with E-state index in [1.165, 1.54) is 6.07 Å². The molecule has 1 N–H and O–H groups in total. The molecule has 4 nitrogen and oxygen atoms in total. The van der Waals surface area contributed by atoms with Crippen molar-refractivity contribution >= 4 is 21.9 Å². The van der Waals surface area contributed by atoms with Crippen LogP contribution in [0.25, 0.3) is 0 Å². The first-order valence-corrected chi connectivity index (χ1v) is 6.36. The highest BCUT2D eigenvalue weighted by Gasteiger charge is 2.18. The van der Waals surface area contributed by atoms with E-state index in [4.69, 9.17) is 14.6 Å². The number of carbonyl (C=O) groups is 1. The molecule has 18 heavy (non-hydrogen) atoms. The van der Waals surface area contributed by atoms with E-state index in [1.54, 1.807) is 19.2 Å². The second kappa shape index (κ2) is 6.20. The third-order valence-corrected chi connectivity index (χ3v) is 3.32. The lowest BCUT2D eigenvalue weighted by Crippen LogP contribution is -2.25. The van der Waals surface area contributed by atoms with Gasteiger partial charge in [-0.3, -0.25) is 0 Å². The highest BCUT2D eigenvalue weighted by molar-refractivity contribution is 9.10. The van der Waals surface area contributed by atoms with Gasteiger partial charge in [-0.15, -0.1) is 0 Å². The van der Waals surface area contributed by atoms with Crippen molar-refractivity contribution in [2.75, 3.05) is 13.7 Å². The quantitative estimate of drug-likeness (QED) is 0.874. The largest absolute Gasteiger partial charge is 0.491 e. The molecule has 0 aromatic heterocycles. The first kappa shape index (κ1) is 15.0. The number of para-hydroxylation sites is 1. The predicted octanol–water partition coefficient (Wildman–Crippen LogP) is 3.34. The summed E-state index contributed by atoms with van der Waals surface area (Å²) in [5, 5.41) is 9.07. The summed E-state index contributed by atoms with van der Waals surface area (Å²) in [7, 11) is 1.64. The third-order valence-electron chi connectivity index (χ3n) is 2.70. The summed E-state index contributed by atoms with van der Waals surface area (Å²) >= 11 is 3.29. The molecule has 0 aliphatic carbocycles. The van der Waals surface area contributed by atoms with E-state index in [2.05, 4.69) is 15.9 Å². The minimum absolute atomic E-state index is 0.152. The van der Waals surface area contributed by atoms with Crippen LogP contribution in [0.4, 0.5) is 0 Å². The Hall–Kier alpha value is -1.07. The molecule has 0 heterocycles. The predicted molar refractivity (Wildman–Crippen MR) is 72.3 cm³/mol. The number of hydrogen-bond donors (Lipinski definition) is 1. The van der Waals surface area contributed by atoms with Gasteiger partial charge in [0.1, 0.15) is 11.3 Å². The van der Waals surface area contributed by atoms with Gasteiger partial charge in [-0.1, -0.05) is 6.07 Å². The third kappa shape index (κ3) is 3.99. The number of carboxylic acids is 1. The Kier molecular flexibility index (Phi) is 5.16. The number of benzene rings is 1. The molecule has 0 aliphatic heterocycles. The van der Waals surface area contributed by atoms with E-state index in [1.807, 2.05) is 13.8 Å². The van der Waals surface area contributed by atoms with Crippen molar-refractivity contribution in [1.29, 1.82) is 0 Å². The van der Waals surface area contributed by atoms with Gasteiger partial charge in [-0.25, -0.2) is 4.79 Å². The fourth-order valence-corrected chi connectivity index (χ4v) is 1.81. The molecule has 0 spiro atoms. The molecule has 1 aromatic rings. The molecule has 0 radical (unpaired) electrons. The fraction of sp³-hybridized carbons (Fsp3) is 0.462. The van der Waals surface area contributed by atoms with E-state index in [0.717, 1.165) is 0 Å². The van der Waals surface area contributed by atoms with Gasteiger partial charge in [-0.05, 0) is 41.9 Å². The Balaban J connectivity index is 2.76. The van der Waals surface area contributed by atoms with E-state index in [0.29, 0.717) is 23.2 Å². The molecule has 1 aromatic carbocycles. The van der Waals surface area contributed by atoms with Crippen molar-refractivity contribution in [3.05, 3.63) is 28.2 Å². The molecule has 1 rings (SSSR count). The number of hydrogen-bond acceptors (Lipinski definition) is 3. The van der Waals surface area contributed by atoms with Crippen LogP contribution in [0.2, 0.25) is 0 Å². The highest BCUT2D eigenvalue weighted by atomic mass is 79.9. The van der Waals surface area contributed by atoms with Crippen LogP contribution in [-0.4, -0.2) is 30.4 Å². The zero-order chi connectivity index (χ0) is 13.8. The summed E-state index contributed by atoms with van der Waals surface area (Å²) in [6, 6.07) is 4.94. The van der Waals surface area contributed by atoms with E-state index in [-0.39, 0.29) is 11.2 Å². The number of halogens is 1. The normalized spacial score (nSPS) is 11.3. The zero-order valence-electron chi connectivity index (χ0n) is 10.7. The summed E-state index contributed by atoms with van der Waals surface area (Å²) in [4.78, 5) is 11.1. The number of carboxylic acid groups (broad SMARTS) is 1. The monoisotopic (exact) mass is 316 g/mol. The average molecular weight is 317 g/mol. The molecule has 5 heteroatoms. The zero-order valence-corrected chi connectivity index (χ0v) is 12.3. The lowest BCUT2D eigenvalue weighted by molar-refractivity contribution is 0.00531. The minimum atomic E-state index is -1.00. The summed E-state index contributed by atoms with van der Waals surface area (Å²) in [5.41, 5.74) is -0.135. The number of methoxy groups -OCH3 is 1. The van der Waals surface area contributed by atoms with Crippen LogP contribution in [0.15, 0.2) is 22.7 Å². The van der Waals surface area contributed by atoms with Crippen molar-refractivity contribution in [2.45, 2.75) is 25.9 Å². The Morgan fingerprint density at radius 2 is 2.11 bits per heavy atom. The van der Waals surface area contributed by atoms with E-state index >= 15 is 0 Å². The number of rotatable bonds is 6. The Morgan fingerprint density at radius 1 is 1.44 bits per heavy atom. The van der Waals surface area contributed by atoms with Gasteiger partial charge < -0.3 is 14.6 Å². The summed E-state index contributed by atoms with van der Waals surface area (Å²) < 4.78 is 11.5. The highest BCUT2D eigenvalue weighted by Crippen LogP contribution is 2.29. The lowest BCUT2D eigenvalue weighted by Gasteiger charge is -2.23. The summed E-state index contributed by atoms with van der Waals surface area (Å²) in [6.07, 6.45) is 0.671. The molecule has 0 bridgehead atoms. The Bertz CT molecular complexity index is 429. The molecule has 0 amide bonds.